The molecule has 1 aromatic carbocycles. The van der Waals surface area contributed by atoms with Gasteiger partial charge in [-0.05, 0) is 42.7 Å². The molecule has 21 heavy (non-hydrogen) atoms. The summed E-state index contributed by atoms with van der Waals surface area (Å²) in [5.41, 5.74) is 8.26. The van der Waals surface area contributed by atoms with Gasteiger partial charge in [-0.2, -0.15) is 5.10 Å². The number of nitrogens with zero attached hydrogens (tertiary/aromatic N) is 2. The number of nitrogens with two attached hydrogens (primary N) is 1. The van der Waals surface area contributed by atoms with Crippen LogP contribution in [0.25, 0.3) is 0 Å². The van der Waals surface area contributed by atoms with E-state index in [1.807, 2.05) is 36.0 Å². The molecule has 0 saturated carbocycles. The summed E-state index contributed by atoms with van der Waals surface area (Å²) in [6.45, 7) is 2.69. The zero-order chi connectivity index (χ0) is 15.2. The topological polar surface area (TPSA) is 53.1 Å². The quantitative estimate of drug-likeness (QED) is 0.855. The Morgan fingerprint density at radius 1 is 1.38 bits per heavy atom. The Morgan fingerprint density at radius 3 is 2.86 bits per heavy atom. The molecule has 0 bridgehead atoms. The molecule has 0 spiro atoms. The highest BCUT2D eigenvalue weighted by Gasteiger charge is 2.09. The largest absolute Gasteiger partial charge is 0.493 e. The third-order valence-electron chi connectivity index (χ3n) is 3.57. The molecule has 0 aliphatic heterocycles. The highest BCUT2D eigenvalue weighted by Crippen LogP contribution is 2.24. The Balaban J connectivity index is 2.00. The summed E-state index contributed by atoms with van der Waals surface area (Å²) in [6.07, 6.45) is 4.32. The second-order valence-corrected chi connectivity index (χ2v) is 5.61. The number of benzene rings is 1. The molecule has 4 nitrogen and oxygen atoms in total. The average Bonchev–Trinajstić information content (AvgIpc) is 2.86. The second kappa shape index (κ2) is 7.48. The fourth-order valence-corrected chi connectivity index (χ4v) is 2.38. The first kappa shape index (κ1) is 15.9. The summed E-state index contributed by atoms with van der Waals surface area (Å²) >= 11 is 6.07. The summed E-state index contributed by atoms with van der Waals surface area (Å²) < 4.78 is 7.77. The van der Waals surface area contributed by atoms with E-state index in [0.717, 1.165) is 36.3 Å². The van der Waals surface area contributed by atoms with E-state index in [2.05, 4.69) is 12.0 Å². The lowest BCUT2D eigenvalue weighted by Crippen LogP contribution is -2.21. The van der Waals surface area contributed by atoms with Crippen LogP contribution in [0.1, 0.15) is 24.6 Å². The van der Waals surface area contributed by atoms with Crippen molar-refractivity contribution in [2.75, 3.05) is 6.61 Å². The molecule has 1 atom stereocenters. The maximum Gasteiger partial charge on any atom is 0.122 e. The van der Waals surface area contributed by atoms with E-state index in [-0.39, 0.29) is 6.04 Å². The highest BCUT2D eigenvalue weighted by atomic mass is 35.5. The van der Waals surface area contributed by atoms with Gasteiger partial charge in [0.15, 0.2) is 0 Å². The molecule has 0 fully saturated rings. The molecular formula is C16H22ClN3O. The van der Waals surface area contributed by atoms with E-state index in [1.54, 1.807) is 6.20 Å². The van der Waals surface area contributed by atoms with Gasteiger partial charge in [0.25, 0.3) is 0 Å². The number of halogens is 1. The van der Waals surface area contributed by atoms with Gasteiger partial charge in [-0.1, -0.05) is 18.5 Å². The van der Waals surface area contributed by atoms with Gasteiger partial charge in [-0.25, -0.2) is 0 Å². The number of aryl methyl sites for hydroxylation is 1. The van der Waals surface area contributed by atoms with Gasteiger partial charge >= 0.3 is 0 Å². The van der Waals surface area contributed by atoms with Crippen molar-refractivity contribution in [2.45, 2.75) is 32.2 Å². The molecule has 1 aromatic heterocycles. The third kappa shape index (κ3) is 4.48. The first-order valence-electron chi connectivity index (χ1n) is 7.23. The number of rotatable bonds is 7. The van der Waals surface area contributed by atoms with Crippen LogP contribution in [-0.4, -0.2) is 22.4 Å². The predicted molar refractivity (Wildman–Crippen MR) is 85.8 cm³/mol. The van der Waals surface area contributed by atoms with Gasteiger partial charge in [0.2, 0.25) is 0 Å². The number of hydrogen-bond acceptors (Lipinski definition) is 3. The van der Waals surface area contributed by atoms with Crippen LogP contribution in [0.4, 0.5) is 0 Å². The van der Waals surface area contributed by atoms with Crippen molar-refractivity contribution in [1.82, 2.24) is 9.78 Å². The number of aromatic nitrogens is 2. The molecule has 2 N–H and O–H groups in total. The molecule has 114 valence electrons. The minimum atomic E-state index is 0.128. The average molecular weight is 308 g/mol. The first-order valence-corrected chi connectivity index (χ1v) is 7.61. The molecule has 0 amide bonds. The lowest BCUT2D eigenvalue weighted by Gasteiger charge is -2.15. The fourth-order valence-electron chi connectivity index (χ4n) is 2.19. The van der Waals surface area contributed by atoms with Crippen molar-refractivity contribution in [3.63, 3.8) is 0 Å². The SMILES string of the molecule is CCC(N)Cc1cc(Cl)ccc1OCCc1ccnn1C. The van der Waals surface area contributed by atoms with Gasteiger partial charge in [0, 0.05) is 36.4 Å². The van der Waals surface area contributed by atoms with Crippen LogP contribution in [0, 0.1) is 0 Å². The van der Waals surface area contributed by atoms with E-state index in [4.69, 9.17) is 22.1 Å². The van der Waals surface area contributed by atoms with E-state index >= 15 is 0 Å². The molecular weight excluding hydrogens is 286 g/mol. The molecule has 2 aromatic rings. The van der Waals surface area contributed by atoms with Gasteiger partial charge in [0.05, 0.1) is 6.61 Å². The van der Waals surface area contributed by atoms with Crippen LogP contribution in [-0.2, 0) is 19.9 Å². The summed E-state index contributed by atoms with van der Waals surface area (Å²) in [6, 6.07) is 7.84. The minimum Gasteiger partial charge on any atom is -0.493 e. The van der Waals surface area contributed by atoms with Crippen LogP contribution >= 0.6 is 11.6 Å². The molecule has 2 rings (SSSR count). The van der Waals surface area contributed by atoms with Crippen molar-refractivity contribution in [2.24, 2.45) is 12.8 Å². The first-order chi connectivity index (χ1) is 10.1. The smallest absolute Gasteiger partial charge is 0.122 e. The molecule has 0 aliphatic carbocycles. The Kier molecular flexibility index (Phi) is 5.65. The maximum absolute atomic E-state index is 6.07. The Labute approximate surface area is 130 Å². The molecule has 1 heterocycles. The van der Waals surface area contributed by atoms with Crippen molar-refractivity contribution in [1.29, 1.82) is 0 Å². The lowest BCUT2D eigenvalue weighted by molar-refractivity contribution is 0.314. The highest BCUT2D eigenvalue weighted by molar-refractivity contribution is 6.30. The molecule has 0 radical (unpaired) electrons. The second-order valence-electron chi connectivity index (χ2n) is 5.17. The van der Waals surface area contributed by atoms with Crippen molar-refractivity contribution in [3.8, 4) is 5.75 Å². The normalized spacial score (nSPS) is 12.4. The Bertz CT molecular complexity index is 583. The van der Waals surface area contributed by atoms with E-state index < -0.39 is 0 Å². The van der Waals surface area contributed by atoms with Crippen molar-refractivity contribution < 1.29 is 4.74 Å². The van der Waals surface area contributed by atoms with Gasteiger partial charge in [0.1, 0.15) is 5.75 Å². The Morgan fingerprint density at radius 2 is 2.19 bits per heavy atom. The molecule has 0 saturated heterocycles. The van der Waals surface area contributed by atoms with Gasteiger partial charge in [-0.15, -0.1) is 0 Å². The van der Waals surface area contributed by atoms with Crippen molar-refractivity contribution >= 4 is 11.6 Å². The summed E-state index contributed by atoms with van der Waals surface area (Å²) in [4.78, 5) is 0. The van der Waals surface area contributed by atoms with Crippen LogP contribution in [0.2, 0.25) is 5.02 Å². The van der Waals surface area contributed by atoms with E-state index in [1.165, 1.54) is 0 Å². The fraction of sp³-hybridized carbons (Fsp3) is 0.438. The zero-order valence-corrected chi connectivity index (χ0v) is 13.3. The third-order valence-corrected chi connectivity index (χ3v) is 3.80. The summed E-state index contributed by atoms with van der Waals surface area (Å²) in [7, 11) is 1.93. The van der Waals surface area contributed by atoms with Crippen LogP contribution in [0.15, 0.2) is 30.5 Å². The monoisotopic (exact) mass is 307 g/mol. The van der Waals surface area contributed by atoms with Crippen LogP contribution in [0.3, 0.4) is 0 Å². The standard InChI is InChI=1S/C16H22ClN3O/c1-3-14(18)11-12-10-13(17)4-5-16(12)21-9-7-15-6-8-19-20(15)2/h4-6,8,10,14H,3,7,9,11,18H2,1-2H3. The summed E-state index contributed by atoms with van der Waals surface area (Å²) in [5.74, 6) is 0.866. The Hall–Kier alpha value is -1.52. The van der Waals surface area contributed by atoms with Crippen LogP contribution in [0.5, 0.6) is 5.75 Å². The summed E-state index contributed by atoms with van der Waals surface area (Å²) in [5, 5.41) is 4.86. The number of hydrogen-bond donors (Lipinski definition) is 1. The molecule has 0 aliphatic rings. The van der Waals surface area contributed by atoms with Crippen molar-refractivity contribution in [3.05, 3.63) is 46.7 Å². The lowest BCUT2D eigenvalue weighted by atomic mass is 10.0. The van der Waals surface area contributed by atoms with E-state index in [0.29, 0.717) is 11.6 Å². The van der Waals surface area contributed by atoms with Gasteiger partial charge < -0.3 is 10.5 Å². The predicted octanol–water partition coefficient (Wildman–Crippen LogP) is 2.97. The van der Waals surface area contributed by atoms with Gasteiger partial charge in [-0.3, -0.25) is 4.68 Å². The molecule has 1 unspecified atom stereocenters. The van der Waals surface area contributed by atoms with Crippen LogP contribution < -0.4 is 10.5 Å². The number of ether oxygens (including phenoxy) is 1. The zero-order valence-electron chi connectivity index (χ0n) is 12.6. The molecule has 5 heteroatoms. The van der Waals surface area contributed by atoms with E-state index in [9.17, 15) is 0 Å². The minimum absolute atomic E-state index is 0.128. The maximum atomic E-state index is 6.07.